The van der Waals surface area contributed by atoms with Crippen LogP contribution in [0.15, 0.2) is 41.7 Å². The van der Waals surface area contributed by atoms with Crippen LogP contribution in [0.4, 0.5) is 16.2 Å². The Morgan fingerprint density at radius 3 is 2.83 bits per heavy atom. The zero-order valence-corrected chi connectivity index (χ0v) is 13.8. The predicted molar refractivity (Wildman–Crippen MR) is 90.1 cm³/mol. The van der Waals surface area contributed by atoms with Crippen molar-refractivity contribution in [1.29, 1.82) is 0 Å². The van der Waals surface area contributed by atoms with Gasteiger partial charge in [-0.05, 0) is 37.6 Å². The van der Waals surface area contributed by atoms with Crippen LogP contribution in [-0.2, 0) is 16.1 Å². The third-order valence-corrected chi connectivity index (χ3v) is 3.62. The minimum atomic E-state index is -0.240. The first-order valence-corrected chi connectivity index (χ1v) is 7.30. The number of amides is 3. The summed E-state index contributed by atoms with van der Waals surface area (Å²) < 4.78 is 5.15. The van der Waals surface area contributed by atoms with E-state index in [0.29, 0.717) is 23.6 Å². The number of rotatable bonds is 4. The van der Waals surface area contributed by atoms with Gasteiger partial charge in [0.25, 0.3) is 5.91 Å². The Morgan fingerprint density at radius 2 is 2.17 bits per heavy atom. The molecule has 0 unspecified atom stereocenters. The van der Waals surface area contributed by atoms with E-state index in [1.165, 1.54) is 7.11 Å². The van der Waals surface area contributed by atoms with Crippen molar-refractivity contribution in [2.45, 2.75) is 20.4 Å². The lowest BCUT2D eigenvalue weighted by atomic mass is 10.1. The molecule has 6 heteroatoms. The number of hydrogen-bond donors (Lipinski definition) is 2. The van der Waals surface area contributed by atoms with Gasteiger partial charge in [0.2, 0.25) is 0 Å². The second-order valence-corrected chi connectivity index (χ2v) is 5.29. The van der Waals surface area contributed by atoms with Crippen molar-refractivity contribution in [3.8, 4) is 0 Å². The van der Waals surface area contributed by atoms with E-state index in [0.717, 1.165) is 11.3 Å². The Labute approximate surface area is 135 Å². The molecule has 0 radical (unpaired) electrons. The van der Waals surface area contributed by atoms with Crippen LogP contribution in [0.1, 0.15) is 19.4 Å². The summed E-state index contributed by atoms with van der Waals surface area (Å²) in [4.78, 5) is 25.6. The lowest BCUT2D eigenvalue weighted by Gasteiger charge is -2.26. The van der Waals surface area contributed by atoms with E-state index in [2.05, 4.69) is 10.6 Å². The predicted octanol–water partition coefficient (Wildman–Crippen LogP) is 3.10. The lowest BCUT2D eigenvalue weighted by molar-refractivity contribution is -0.112. The number of urea groups is 1. The van der Waals surface area contributed by atoms with Crippen LogP contribution in [-0.4, -0.2) is 31.0 Å². The zero-order valence-electron chi connectivity index (χ0n) is 13.8. The molecular formula is C17H21N3O3. The van der Waals surface area contributed by atoms with Crippen molar-refractivity contribution >= 4 is 23.3 Å². The summed E-state index contributed by atoms with van der Waals surface area (Å²) in [7, 11) is 3.25. The average Bonchev–Trinajstić information content (AvgIpc) is 2.53. The molecule has 0 aliphatic carbocycles. The highest BCUT2D eigenvalue weighted by atomic mass is 16.5. The number of methoxy groups -OCH3 is 1. The number of nitrogens with one attached hydrogen (secondary N) is 2. The van der Waals surface area contributed by atoms with Crippen LogP contribution in [0.25, 0.3) is 0 Å². The maximum absolute atomic E-state index is 12.4. The van der Waals surface area contributed by atoms with Gasteiger partial charge in [-0.1, -0.05) is 12.2 Å². The molecule has 0 atom stereocenters. The summed E-state index contributed by atoms with van der Waals surface area (Å²) in [5.41, 5.74) is 2.86. The molecule has 1 aliphatic rings. The minimum Gasteiger partial charge on any atom is -0.501 e. The van der Waals surface area contributed by atoms with Crippen LogP contribution in [0, 0.1) is 0 Å². The van der Waals surface area contributed by atoms with Gasteiger partial charge in [0.05, 0.1) is 12.7 Å². The van der Waals surface area contributed by atoms with Crippen LogP contribution in [0.5, 0.6) is 0 Å². The van der Waals surface area contributed by atoms with Crippen LogP contribution in [0.3, 0.4) is 0 Å². The van der Waals surface area contributed by atoms with Crippen LogP contribution in [0.2, 0.25) is 0 Å². The molecule has 2 rings (SSSR count). The van der Waals surface area contributed by atoms with Crippen molar-refractivity contribution in [2.75, 3.05) is 24.8 Å². The number of carbonyl (C=O) groups excluding carboxylic acids is 2. The fraction of sp³-hybridized carbons (Fsp3) is 0.294. The number of ether oxygens (including phenoxy) is 1. The fourth-order valence-corrected chi connectivity index (χ4v) is 2.29. The van der Waals surface area contributed by atoms with Gasteiger partial charge in [0.15, 0.2) is 0 Å². The van der Waals surface area contributed by atoms with E-state index in [9.17, 15) is 9.59 Å². The molecule has 0 bridgehead atoms. The van der Waals surface area contributed by atoms with E-state index >= 15 is 0 Å². The smallest absolute Gasteiger partial charge is 0.321 e. The SMILES string of the molecule is C/C=C\C(C(=O)Nc1ccc2c(c1)CN(C)C(=O)N2)=C(/C)OC. The van der Waals surface area contributed by atoms with E-state index in [1.807, 2.05) is 13.0 Å². The number of hydrogen-bond acceptors (Lipinski definition) is 3. The van der Waals surface area contributed by atoms with Crippen LogP contribution < -0.4 is 10.6 Å². The first-order valence-electron chi connectivity index (χ1n) is 7.30. The largest absolute Gasteiger partial charge is 0.501 e. The van der Waals surface area contributed by atoms with E-state index in [4.69, 9.17) is 4.74 Å². The third-order valence-electron chi connectivity index (χ3n) is 3.62. The molecule has 2 N–H and O–H groups in total. The highest BCUT2D eigenvalue weighted by molar-refractivity contribution is 6.06. The van der Waals surface area contributed by atoms with Crippen molar-refractivity contribution in [3.05, 3.63) is 47.2 Å². The topological polar surface area (TPSA) is 70.7 Å². The molecule has 3 amide bonds. The number of allylic oxidation sites excluding steroid dienone is 2. The van der Waals surface area contributed by atoms with Gasteiger partial charge in [0.1, 0.15) is 5.76 Å². The molecule has 0 fully saturated rings. The zero-order chi connectivity index (χ0) is 17.0. The molecule has 23 heavy (non-hydrogen) atoms. The summed E-state index contributed by atoms with van der Waals surface area (Å²) in [6, 6.07) is 5.28. The van der Waals surface area contributed by atoms with E-state index in [1.54, 1.807) is 43.2 Å². The molecule has 1 aromatic rings. The molecule has 0 saturated heterocycles. The third kappa shape index (κ3) is 3.71. The number of fused-ring (bicyclic) bond motifs is 1. The number of nitrogens with zero attached hydrogens (tertiary/aromatic N) is 1. The Balaban J connectivity index is 2.22. The minimum absolute atomic E-state index is 0.136. The molecule has 6 nitrogen and oxygen atoms in total. The van der Waals surface area contributed by atoms with Gasteiger partial charge < -0.3 is 20.3 Å². The molecule has 0 aromatic heterocycles. The maximum Gasteiger partial charge on any atom is 0.321 e. The lowest BCUT2D eigenvalue weighted by Crippen LogP contribution is -2.35. The van der Waals surface area contributed by atoms with Gasteiger partial charge in [-0.15, -0.1) is 0 Å². The quantitative estimate of drug-likeness (QED) is 0.509. The van der Waals surface area contributed by atoms with Crippen LogP contribution >= 0.6 is 0 Å². The fourth-order valence-electron chi connectivity index (χ4n) is 2.29. The Bertz CT molecular complexity index is 692. The van der Waals surface area contributed by atoms with Gasteiger partial charge in [-0.3, -0.25) is 4.79 Å². The molecule has 1 aromatic carbocycles. The summed E-state index contributed by atoms with van der Waals surface area (Å²) >= 11 is 0. The summed E-state index contributed by atoms with van der Waals surface area (Å²) in [5.74, 6) is 0.307. The van der Waals surface area contributed by atoms with Crippen molar-refractivity contribution in [3.63, 3.8) is 0 Å². The average molecular weight is 315 g/mol. The molecule has 122 valence electrons. The van der Waals surface area contributed by atoms with Gasteiger partial charge >= 0.3 is 6.03 Å². The number of anilines is 2. The van der Waals surface area contributed by atoms with Gasteiger partial charge in [-0.25, -0.2) is 4.79 Å². The molecule has 0 saturated carbocycles. The van der Waals surface area contributed by atoms with Crippen molar-refractivity contribution < 1.29 is 14.3 Å². The first kappa shape index (κ1) is 16.6. The number of benzene rings is 1. The highest BCUT2D eigenvalue weighted by Gasteiger charge is 2.20. The highest BCUT2D eigenvalue weighted by Crippen LogP contribution is 2.26. The monoisotopic (exact) mass is 315 g/mol. The second-order valence-electron chi connectivity index (χ2n) is 5.29. The first-order chi connectivity index (χ1) is 11.0. The molecule has 1 aliphatic heterocycles. The molecule has 0 spiro atoms. The van der Waals surface area contributed by atoms with E-state index in [-0.39, 0.29) is 11.9 Å². The standard InChI is InChI=1S/C17H21N3O3/c1-5-6-14(11(2)23-4)16(21)18-13-7-8-15-12(9-13)10-20(3)17(22)19-15/h5-9H,10H2,1-4H3,(H,18,21)(H,19,22)/b6-5-,14-11-. The summed E-state index contributed by atoms with van der Waals surface area (Å²) in [6.07, 6.45) is 3.50. The maximum atomic E-state index is 12.4. The van der Waals surface area contributed by atoms with Crippen molar-refractivity contribution in [2.24, 2.45) is 0 Å². The van der Waals surface area contributed by atoms with Gasteiger partial charge in [-0.2, -0.15) is 0 Å². The van der Waals surface area contributed by atoms with Crippen molar-refractivity contribution in [1.82, 2.24) is 4.90 Å². The van der Waals surface area contributed by atoms with E-state index < -0.39 is 0 Å². The second kappa shape index (κ2) is 7.00. The molecule has 1 heterocycles. The Morgan fingerprint density at radius 1 is 1.43 bits per heavy atom. The van der Waals surface area contributed by atoms with Gasteiger partial charge in [0, 0.05) is 25.0 Å². The Hall–Kier alpha value is -2.76. The Kier molecular flexibility index (Phi) is 5.05. The summed E-state index contributed by atoms with van der Waals surface area (Å²) in [6.45, 7) is 4.08. The number of carbonyl (C=O) groups is 2. The normalized spacial score (nSPS) is 15.0. The summed E-state index contributed by atoms with van der Waals surface area (Å²) in [5, 5.41) is 5.65. The molecular weight excluding hydrogens is 294 g/mol.